The van der Waals surface area contributed by atoms with Crippen molar-refractivity contribution < 1.29 is 60.8 Å². The Bertz CT molecular complexity index is 710. The van der Waals surface area contributed by atoms with Crippen molar-refractivity contribution in [1.82, 2.24) is 0 Å². The number of carboxylic acid groups (broad SMARTS) is 2. The Morgan fingerprint density at radius 3 is 1.07 bits per heavy atom. The molecule has 2 unspecified atom stereocenters. The first-order chi connectivity index (χ1) is 18.8. The third kappa shape index (κ3) is 34.6. The minimum absolute atomic E-state index is 0. The summed E-state index contributed by atoms with van der Waals surface area (Å²) in [6.45, 7) is 13.3. The van der Waals surface area contributed by atoms with E-state index in [4.69, 9.17) is 18.9 Å². The van der Waals surface area contributed by atoms with Crippen LogP contribution in [0.25, 0.3) is 0 Å². The van der Waals surface area contributed by atoms with Gasteiger partial charge in [-0.15, -0.1) is 0 Å². The van der Waals surface area contributed by atoms with Crippen molar-refractivity contribution in [2.24, 2.45) is 11.8 Å². The molecule has 0 fully saturated rings. The van der Waals surface area contributed by atoms with Crippen LogP contribution in [0.4, 0.5) is 0 Å². The van der Waals surface area contributed by atoms with Crippen LogP contribution < -0.4 is 10.2 Å². The fourth-order valence-electron chi connectivity index (χ4n) is 2.78. The molecule has 2 atom stereocenters. The lowest BCUT2D eigenvalue weighted by atomic mass is 10.1. The molecule has 0 rings (SSSR count). The number of hydrogen-bond acceptors (Lipinski definition) is 12. The maximum Gasteiger partial charge on any atom is 1.00 e. The van der Waals surface area contributed by atoms with Gasteiger partial charge in [-0.05, 0) is 50.7 Å². The minimum Gasteiger partial charge on any atom is -0.545 e. The van der Waals surface area contributed by atoms with Crippen LogP contribution in [0.5, 0.6) is 0 Å². The van der Waals surface area contributed by atoms with Crippen LogP contribution >= 0.6 is 0 Å². The van der Waals surface area contributed by atoms with Crippen LogP contribution in [0, 0.1) is 11.8 Å². The number of carbonyl (C=O) groups excluding carboxylic acids is 6. The molecular weight excluding hydrogens is 528 g/mol. The van der Waals surface area contributed by atoms with Crippen molar-refractivity contribution in [3.63, 3.8) is 0 Å². The fraction of sp³-hybridized carbons (Fsp3) is 0.714. The molecule has 0 amide bonds. The monoisotopic (exact) mass is 576 g/mol. The van der Waals surface area contributed by atoms with Crippen molar-refractivity contribution in [3.05, 3.63) is 12.2 Å². The molecule has 0 aromatic heterocycles. The second-order valence-corrected chi connectivity index (χ2v) is 8.74. The topological polar surface area (TPSA) is 185 Å². The second kappa shape index (κ2) is 28.6. The van der Waals surface area contributed by atoms with Gasteiger partial charge in [-0.1, -0.05) is 40.5 Å². The van der Waals surface area contributed by atoms with Crippen molar-refractivity contribution >= 4 is 35.8 Å². The highest BCUT2D eigenvalue weighted by atomic mass is 16.5. The average molecular weight is 577 g/mol. The largest absolute Gasteiger partial charge is 1.00 e. The van der Waals surface area contributed by atoms with Gasteiger partial charge in [-0.2, -0.15) is 0 Å². The molecule has 232 valence electrons. The molecule has 0 spiro atoms. The maximum absolute atomic E-state index is 11.2. The summed E-state index contributed by atoms with van der Waals surface area (Å²) < 4.78 is 19.5. The lowest BCUT2D eigenvalue weighted by molar-refractivity contribution is -0.301. The Hall–Kier alpha value is -3.44. The number of ether oxygens (including phenoxy) is 4. The summed E-state index contributed by atoms with van der Waals surface area (Å²) >= 11 is 0. The molecule has 0 aliphatic heterocycles. The Kier molecular flexibility index (Phi) is 29.3. The molecule has 0 bridgehead atoms. The Labute approximate surface area is 240 Å². The zero-order chi connectivity index (χ0) is 31.3. The van der Waals surface area contributed by atoms with E-state index in [2.05, 4.69) is 13.8 Å². The number of aliphatic carboxylic acids is 2. The highest BCUT2D eigenvalue weighted by Crippen LogP contribution is 2.07. The van der Waals surface area contributed by atoms with Crippen molar-refractivity contribution in [2.45, 2.75) is 92.9 Å². The molecule has 12 nitrogen and oxygen atoms in total. The molecule has 0 aromatic carbocycles. The highest BCUT2D eigenvalue weighted by molar-refractivity contribution is 5.87. The minimum atomic E-state index is -1.55. The van der Waals surface area contributed by atoms with Crippen LogP contribution in [-0.2, 0) is 47.7 Å². The van der Waals surface area contributed by atoms with Gasteiger partial charge >= 0.3 is 26.7 Å². The summed E-state index contributed by atoms with van der Waals surface area (Å²) in [6.07, 6.45) is 5.46. The molecule has 0 heterocycles. The van der Waals surface area contributed by atoms with Gasteiger partial charge in [0.25, 0.3) is 0 Å². The zero-order valence-corrected chi connectivity index (χ0v) is 24.7. The van der Waals surface area contributed by atoms with Crippen LogP contribution in [-0.4, -0.2) is 62.2 Å². The van der Waals surface area contributed by atoms with E-state index in [-0.39, 0.29) is 52.4 Å². The van der Waals surface area contributed by atoms with Gasteiger partial charge in [-0.3, -0.25) is 19.2 Å². The summed E-state index contributed by atoms with van der Waals surface area (Å²) in [4.78, 5) is 63.2. The van der Waals surface area contributed by atoms with Crippen molar-refractivity contribution in [3.8, 4) is 0 Å². The number of carboxylic acids is 2. The van der Waals surface area contributed by atoms with Crippen LogP contribution in [0.15, 0.2) is 12.2 Å². The van der Waals surface area contributed by atoms with E-state index in [0.717, 1.165) is 25.7 Å². The lowest BCUT2D eigenvalue weighted by Crippen LogP contribution is -2.23. The van der Waals surface area contributed by atoms with E-state index in [1.807, 2.05) is 13.8 Å². The highest BCUT2D eigenvalue weighted by Gasteiger charge is 2.11. The summed E-state index contributed by atoms with van der Waals surface area (Å²) in [5, 5.41) is 18.8. The van der Waals surface area contributed by atoms with E-state index in [0.29, 0.717) is 50.4 Å². The first kappa shape index (κ1) is 41.0. The predicted molar refractivity (Wildman–Crippen MR) is 143 cm³/mol. The molecule has 40 heavy (non-hydrogen) atoms. The van der Waals surface area contributed by atoms with Gasteiger partial charge in [0.1, 0.15) is 0 Å². The third-order valence-electron chi connectivity index (χ3n) is 4.65. The molecular formula is C28H48O12. The summed E-state index contributed by atoms with van der Waals surface area (Å²) in [6, 6.07) is 0. The Morgan fingerprint density at radius 2 is 0.850 bits per heavy atom. The quantitative estimate of drug-likeness (QED) is 0.131. The summed E-state index contributed by atoms with van der Waals surface area (Å²) in [5.74, 6) is -3.66. The summed E-state index contributed by atoms with van der Waals surface area (Å²) in [7, 11) is 0. The van der Waals surface area contributed by atoms with Gasteiger partial charge in [0.15, 0.2) is 0 Å². The average Bonchev–Trinajstić information content (AvgIpc) is 2.88. The number of carbonyl (C=O) groups is 6. The maximum atomic E-state index is 11.2. The van der Waals surface area contributed by atoms with Gasteiger partial charge in [0.05, 0.1) is 64.0 Å². The number of hydrogen-bond donors (Lipinski definition) is 0. The fourth-order valence-corrected chi connectivity index (χ4v) is 2.78. The molecule has 12 heteroatoms. The van der Waals surface area contributed by atoms with Crippen LogP contribution in [0.3, 0.4) is 0 Å². The summed E-state index contributed by atoms with van der Waals surface area (Å²) in [5.41, 5.74) is 0. The SMILES string of the molecule is CCCC(C)COC(=O)CCC(=O)OCC.CCCC(C)COC(=O)CCC(=O)OCC.O=C([O-])/C=C\C(=O)[O-].[H+].[H+]. The zero-order valence-electron chi connectivity index (χ0n) is 26.7. The third-order valence-corrected chi connectivity index (χ3v) is 4.65. The van der Waals surface area contributed by atoms with Crippen molar-refractivity contribution in [1.29, 1.82) is 0 Å². The number of esters is 4. The molecule has 0 saturated heterocycles. The van der Waals surface area contributed by atoms with E-state index >= 15 is 0 Å². The second-order valence-electron chi connectivity index (χ2n) is 8.74. The van der Waals surface area contributed by atoms with Gasteiger partial charge in [0, 0.05) is 0 Å². The van der Waals surface area contributed by atoms with E-state index in [1.165, 1.54) is 0 Å². The molecule has 0 radical (unpaired) electrons. The van der Waals surface area contributed by atoms with Crippen LogP contribution in [0.1, 0.15) is 95.8 Å². The predicted octanol–water partition coefficient (Wildman–Crippen LogP) is 1.89. The van der Waals surface area contributed by atoms with Crippen LogP contribution in [0.2, 0.25) is 0 Å². The lowest BCUT2D eigenvalue weighted by Gasteiger charge is -2.10. The van der Waals surface area contributed by atoms with Gasteiger partial charge in [-0.25, -0.2) is 0 Å². The first-order valence-corrected chi connectivity index (χ1v) is 13.5. The normalized spacial score (nSPS) is 11.4. The Balaban J connectivity index is -0.000000168. The molecule has 0 N–H and O–H groups in total. The number of rotatable bonds is 18. The molecule has 0 aromatic rings. The van der Waals surface area contributed by atoms with Gasteiger partial charge in [0.2, 0.25) is 0 Å². The van der Waals surface area contributed by atoms with Gasteiger partial charge < -0.3 is 38.7 Å². The molecule has 0 aliphatic carbocycles. The Morgan fingerprint density at radius 1 is 0.575 bits per heavy atom. The smallest absolute Gasteiger partial charge is 0.545 e. The van der Waals surface area contributed by atoms with E-state index in [9.17, 15) is 39.0 Å². The van der Waals surface area contributed by atoms with E-state index < -0.39 is 11.9 Å². The van der Waals surface area contributed by atoms with Crippen molar-refractivity contribution in [2.75, 3.05) is 26.4 Å². The first-order valence-electron chi connectivity index (χ1n) is 13.5. The standard InChI is InChI=1S/2C12H22O4.C4H4O4/c2*1-4-6-10(3)9-16-12(14)8-7-11(13)15-5-2;5-3(6)1-2-4(7)8/h2*10H,4-9H2,1-3H3;1-2H,(H,5,6)(H,7,8)/b;;2-1-. The molecule has 0 saturated carbocycles. The molecule has 0 aliphatic rings. The van der Waals surface area contributed by atoms with E-state index in [1.54, 1.807) is 13.8 Å².